The SMILES string of the molecule is C[C@]1(COc2ccccc2)C[C@@H]2CN(C(=O)CC3CC3)CC[C@@H]2O1. The van der Waals surface area contributed by atoms with Crippen LogP contribution in [0.3, 0.4) is 0 Å². The predicted molar refractivity (Wildman–Crippen MR) is 91.9 cm³/mol. The molecule has 1 aliphatic carbocycles. The topological polar surface area (TPSA) is 38.8 Å². The smallest absolute Gasteiger partial charge is 0.222 e. The molecule has 0 aromatic heterocycles. The zero-order valence-corrected chi connectivity index (χ0v) is 14.4. The van der Waals surface area contributed by atoms with Crippen molar-refractivity contribution in [1.82, 2.24) is 4.90 Å². The van der Waals surface area contributed by atoms with Crippen molar-refractivity contribution in [3.8, 4) is 5.75 Å². The van der Waals surface area contributed by atoms with Crippen molar-refractivity contribution in [2.45, 2.75) is 50.7 Å². The highest BCUT2D eigenvalue weighted by Gasteiger charge is 2.47. The number of hydrogen-bond acceptors (Lipinski definition) is 3. The van der Waals surface area contributed by atoms with E-state index in [0.717, 1.165) is 38.1 Å². The number of benzene rings is 1. The van der Waals surface area contributed by atoms with Crippen LogP contribution in [-0.2, 0) is 9.53 Å². The third-order valence-corrected chi connectivity index (χ3v) is 5.59. The summed E-state index contributed by atoms with van der Waals surface area (Å²) in [5.41, 5.74) is -0.249. The molecule has 4 nitrogen and oxygen atoms in total. The number of nitrogens with zero attached hydrogens (tertiary/aromatic N) is 1. The van der Waals surface area contributed by atoms with Crippen LogP contribution < -0.4 is 4.74 Å². The molecule has 2 heterocycles. The number of amides is 1. The quantitative estimate of drug-likeness (QED) is 0.832. The van der Waals surface area contributed by atoms with Crippen LogP contribution in [0.1, 0.15) is 39.0 Å². The fourth-order valence-corrected chi connectivity index (χ4v) is 4.10. The molecule has 0 unspecified atom stereocenters. The van der Waals surface area contributed by atoms with Gasteiger partial charge in [-0.2, -0.15) is 0 Å². The largest absolute Gasteiger partial charge is 0.491 e. The van der Waals surface area contributed by atoms with Gasteiger partial charge in [0.2, 0.25) is 5.91 Å². The summed E-state index contributed by atoms with van der Waals surface area (Å²) in [7, 11) is 0. The minimum absolute atomic E-state index is 0.249. The molecule has 1 aromatic rings. The summed E-state index contributed by atoms with van der Waals surface area (Å²) in [6.45, 7) is 4.42. The number of piperidine rings is 1. The first-order valence-corrected chi connectivity index (χ1v) is 9.25. The highest BCUT2D eigenvalue weighted by atomic mass is 16.6. The average Bonchev–Trinajstić information content (AvgIpc) is 3.33. The van der Waals surface area contributed by atoms with Gasteiger partial charge in [0.25, 0.3) is 0 Å². The molecular weight excluding hydrogens is 302 g/mol. The third kappa shape index (κ3) is 3.59. The number of carbonyl (C=O) groups is 1. The van der Waals surface area contributed by atoms with E-state index < -0.39 is 0 Å². The minimum atomic E-state index is -0.249. The molecule has 4 heteroatoms. The molecule has 24 heavy (non-hydrogen) atoms. The van der Waals surface area contributed by atoms with Crippen molar-refractivity contribution in [3.63, 3.8) is 0 Å². The van der Waals surface area contributed by atoms with E-state index in [4.69, 9.17) is 9.47 Å². The van der Waals surface area contributed by atoms with E-state index in [1.54, 1.807) is 0 Å². The number of fused-ring (bicyclic) bond motifs is 1. The Morgan fingerprint density at radius 2 is 2.08 bits per heavy atom. The summed E-state index contributed by atoms with van der Waals surface area (Å²) in [5.74, 6) is 2.36. The Kier molecular flexibility index (Phi) is 4.25. The van der Waals surface area contributed by atoms with E-state index in [0.29, 0.717) is 24.3 Å². The van der Waals surface area contributed by atoms with Crippen molar-refractivity contribution in [2.24, 2.45) is 11.8 Å². The number of para-hydroxylation sites is 1. The van der Waals surface area contributed by atoms with Crippen molar-refractivity contribution < 1.29 is 14.3 Å². The molecule has 130 valence electrons. The average molecular weight is 329 g/mol. The lowest BCUT2D eigenvalue weighted by atomic mass is 9.89. The molecule has 0 radical (unpaired) electrons. The Bertz CT molecular complexity index is 586. The van der Waals surface area contributed by atoms with Crippen LogP contribution in [0.15, 0.2) is 30.3 Å². The first-order valence-electron chi connectivity index (χ1n) is 9.25. The standard InChI is InChI=1S/C20H27NO3/c1-20(14-23-17-5-3-2-4-6-17)12-16-13-21(10-9-18(16)24-20)19(22)11-15-7-8-15/h2-6,15-16,18H,7-14H2,1H3/t16-,18+,20-/m1/s1. The molecule has 1 saturated carbocycles. The van der Waals surface area contributed by atoms with Crippen LogP contribution in [0.25, 0.3) is 0 Å². The molecule has 3 atom stereocenters. The van der Waals surface area contributed by atoms with E-state index in [1.165, 1.54) is 12.8 Å². The van der Waals surface area contributed by atoms with Gasteiger partial charge in [-0.15, -0.1) is 0 Å². The van der Waals surface area contributed by atoms with Gasteiger partial charge in [0.05, 0.1) is 6.10 Å². The van der Waals surface area contributed by atoms with Crippen LogP contribution in [-0.4, -0.2) is 42.2 Å². The molecule has 1 amide bonds. The fourth-order valence-electron chi connectivity index (χ4n) is 4.10. The number of carbonyl (C=O) groups excluding carboxylic acids is 1. The third-order valence-electron chi connectivity index (χ3n) is 5.59. The highest BCUT2D eigenvalue weighted by molar-refractivity contribution is 5.76. The zero-order valence-electron chi connectivity index (χ0n) is 14.4. The summed E-state index contributed by atoms with van der Waals surface area (Å²) in [6, 6.07) is 9.91. The maximum atomic E-state index is 12.4. The van der Waals surface area contributed by atoms with Crippen molar-refractivity contribution in [3.05, 3.63) is 30.3 Å². The zero-order chi connectivity index (χ0) is 16.6. The highest BCUT2D eigenvalue weighted by Crippen LogP contribution is 2.40. The molecule has 0 N–H and O–H groups in total. The number of likely N-dealkylation sites (tertiary alicyclic amines) is 1. The molecule has 3 aliphatic rings. The molecule has 3 fully saturated rings. The fraction of sp³-hybridized carbons (Fsp3) is 0.650. The molecule has 2 saturated heterocycles. The van der Waals surface area contributed by atoms with E-state index in [2.05, 4.69) is 11.8 Å². The molecular formula is C20H27NO3. The summed E-state index contributed by atoms with van der Waals surface area (Å²) < 4.78 is 12.3. The predicted octanol–water partition coefficient (Wildman–Crippen LogP) is 3.26. The molecule has 0 bridgehead atoms. The van der Waals surface area contributed by atoms with Crippen LogP contribution in [0.5, 0.6) is 5.75 Å². The van der Waals surface area contributed by atoms with Gasteiger partial charge in [-0.05, 0) is 50.7 Å². The second kappa shape index (κ2) is 6.40. The Morgan fingerprint density at radius 1 is 1.29 bits per heavy atom. The Labute approximate surface area is 144 Å². The van der Waals surface area contributed by atoms with E-state index in [9.17, 15) is 4.79 Å². The molecule has 0 spiro atoms. The first-order chi connectivity index (χ1) is 11.6. The minimum Gasteiger partial charge on any atom is -0.491 e. The second-order valence-electron chi connectivity index (χ2n) is 7.95. The monoisotopic (exact) mass is 329 g/mol. The number of rotatable bonds is 5. The Morgan fingerprint density at radius 3 is 2.83 bits per heavy atom. The van der Waals surface area contributed by atoms with E-state index in [-0.39, 0.29) is 11.7 Å². The van der Waals surface area contributed by atoms with Gasteiger partial charge in [-0.3, -0.25) is 4.79 Å². The van der Waals surface area contributed by atoms with Crippen LogP contribution in [0.2, 0.25) is 0 Å². The van der Waals surface area contributed by atoms with Gasteiger partial charge in [-0.25, -0.2) is 0 Å². The van der Waals surface area contributed by atoms with E-state index >= 15 is 0 Å². The summed E-state index contributed by atoms with van der Waals surface area (Å²) in [6.07, 6.45) is 5.44. The number of ether oxygens (including phenoxy) is 2. The maximum Gasteiger partial charge on any atom is 0.222 e. The van der Waals surface area contributed by atoms with Crippen LogP contribution in [0.4, 0.5) is 0 Å². The van der Waals surface area contributed by atoms with Crippen molar-refractivity contribution in [1.29, 1.82) is 0 Å². The molecule has 2 aliphatic heterocycles. The second-order valence-corrected chi connectivity index (χ2v) is 7.95. The van der Waals surface area contributed by atoms with Gasteiger partial charge in [0, 0.05) is 25.4 Å². The van der Waals surface area contributed by atoms with Crippen LogP contribution >= 0.6 is 0 Å². The lowest BCUT2D eigenvalue weighted by Crippen LogP contribution is -2.44. The first kappa shape index (κ1) is 15.9. The number of hydrogen-bond donors (Lipinski definition) is 0. The van der Waals surface area contributed by atoms with Gasteiger partial charge >= 0.3 is 0 Å². The van der Waals surface area contributed by atoms with Crippen LogP contribution in [0, 0.1) is 11.8 Å². The Hall–Kier alpha value is -1.55. The maximum absolute atomic E-state index is 12.4. The van der Waals surface area contributed by atoms with Gasteiger partial charge in [0.1, 0.15) is 18.0 Å². The molecule has 1 aromatic carbocycles. The molecule has 4 rings (SSSR count). The normalized spacial score (nSPS) is 32.5. The van der Waals surface area contributed by atoms with Gasteiger partial charge in [-0.1, -0.05) is 18.2 Å². The lowest BCUT2D eigenvalue weighted by Gasteiger charge is -2.34. The van der Waals surface area contributed by atoms with Crippen molar-refractivity contribution >= 4 is 5.91 Å². The van der Waals surface area contributed by atoms with Gasteiger partial charge < -0.3 is 14.4 Å². The summed E-state index contributed by atoms with van der Waals surface area (Å²) >= 11 is 0. The summed E-state index contributed by atoms with van der Waals surface area (Å²) in [5, 5.41) is 0. The van der Waals surface area contributed by atoms with Gasteiger partial charge in [0.15, 0.2) is 0 Å². The van der Waals surface area contributed by atoms with Crippen molar-refractivity contribution in [2.75, 3.05) is 19.7 Å². The Balaban J connectivity index is 1.32. The summed E-state index contributed by atoms with van der Waals surface area (Å²) in [4.78, 5) is 14.4. The lowest BCUT2D eigenvalue weighted by molar-refractivity contribution is -0.135. The van der Waals surface area contributed by atoms with E-state index in [1.807, 2.05) is 30.3 Å².